The van der Waals surface area contributed by atoms with Gasteiger partial charge in [-0.2, -0.15) is 4.31 Å². The van der Waals surface area contributed by atoms with Gasteiger partial charge in [0.2, 0.25) is 15.9 Å². The first-order valence-electron chi connectivity index (χ1n) is 11.0. The number of aryl methyl sites for hydroxylation is 1. The maximum absolute atomic E-state index is 13.0. The Kier molecular flexibility index (Phi) is 6.98. The van der Waals surface area contributed by atoms with Gasteiger partial charge in [0.25, 0.3) is 0 Å². The maximum atomic E-state index is 13.0. The number of sulfonamides is 1. The molecule has 2 aromatic rings. The first kappa shape index (κ1) is 22.6. The molecule has 2 fully saturated rings. The molecule has 2 N–H and O–H groups in total. The minimum atomic E-state index is -3.60. The third kappa shape index (κ3) is 5.23. The molecule has 2 aromatic carbocycles. The van der Waals surface area contributed by atoms with E-state index in [2.05, 4.69) is 15.5 Å². The van der Waals surface area contributed by atoms with Crippen LogP contribution in [0, 0.1) is 6.92 Å². The first-order chi connectivity index (χ1) is 15.4. The zero-order valence-electron chi connectivity index (χ0n) is 18.3. The first-order valence-corrected chi connectivity index (χ1v) is 12.4. The third-order valence-corrected chi connectivity index (χ3v) is 7.89. The SMILES string of the molecule is Cc1ccc(NCC(=O)Nc2ccc(N3CCCC3)cc2)cc1S(=O)(=O)N1CCOCC1. The van der Waals surface area contributed by atoms with Crippen molar-refractivity contribution in [2.75, 3.05) is 61.5 Å². The number of nitrogens with one attached hydrogen (secondary N) is 2. The number of rotatable bonds is 7. The highest BCUT2D eigenvalue weighted by Gasteiger charge is 2.28. The number of benzene rings is 2. The normalized spacial score (nSPS) is 17.3. The van der Waals surface area contributed by atoms with E-state index in [1.807, 2.05) is 24.3 Å². The smallest absolute Gasteiger partial charge is 0.243 e. The van der Waals surface area contributed by atoms with E-state index >= 15 is 0 Å². The summed E-state index contributed by atoms with van der Waals surface area (Å²) in [5.74, 6) is -0.197. The highest BCUT2D eigenvalue weighted by atomic mass is 32.2. The van der Waals surface area contributed by atoms with Crippen LogP contribution in [0.1, 0.15) is 18.4 Å². The second kappa shape index (κ2) is 9.89. The Bertz CT molecular complexity index is 1040. The van der Waals surface area contributed by atoms with Gasteiger partial charge in [0, 0.05) is 43.2 Å². The number of amides is 1. The van der Waals surface area contributed by atoms with Crippen LogP contribution in [0.2, 0.25) is 0 Å². The second-order valence-electron chi connectivity index (χ2n) is 8.14. The number of nitrogens with zero attached hydrogens (tertiary/aromatic N) is 2. The second-order valence-corrected chi connectivity index (χ2v) is 10.0. The Morgan fingerprint density at radius 1 is 0.969 bits per heavy atom. The molecule has 2 aliphatic heterocycles. The summed E-state index contributed by atoms with van der Waals surface area (Å²) >= 11 is 0. The Hall–Kier alpha value is -2.62. The number of morpholine rings is 1. The number of hydrogen-bond donors (Lipinski definition) is 2. The van der Waals surface area contributed by atoms with E-state index in [0.29, 0.717) is 37.6 Å². The molecule has 0 aromatic heterocycles. The predicted molar refractivity (Wildman–Crippen MR) is 126 cm³/mol. The number of carbonyl (C=O) groups is 1. The van der Waals surface area contributed by atoms with Crippen LogP contribution in [0.3, 0.4) is 0 Å². The topological polar surface area (TPSA) is 91.0 Å². The lowest BCUT2D eigenvalue weighted by atomic mass is 10.2. The van der Waals surface area contributed by atoms with Gasteiger partial charge < -0.3 is 20.3 Å². The van der Waals surface area contributed by atoms with Crippen LogP contribution in [0.25, 0.3) is 0 Å². The summed E-state index contributed by atoms with van der Waals surface area (Å²) in [6.07, 6.45) is 2.44. The standard InChI is InChI=1S/C23H30N4O4S/c1-18-4-5-20(16-22(18)32(29,30)27-12-14-31-15-13-27)24-17-23(28)25-19-6-8-21(9-7-19)26-10-2-3-11-26/h4-9,16,24H,2-3,10-15,17H2,1H3,(H,25,28). The van der Waals surface area contributed by atoms with Crippen molar-refractivity contribution in [2.45, 2.75) is 24.7 Å². The van der Waals surface area contributed by atoms with Gasteiger partial charge in [-0.3, -0.25) is 4.79 Å². The monoisotopic (exact) mass is 458 g/mol. The molecular weight excluding hydrogens is 428 g/mol. The fraction of sp³-hybridized carbons (Fsp3) is 0.435. The van der Waals surface area contributed by atoms with E-state index in [1.54, 1.807) is 25.1 Å². The molecule has 0 bridgehead atoms. The maximum Gasteiger partial charge on any atom is 0.243 e. The Labute approximate surface area is 189 Å². The molecule has 0 radical (unpaired) electrons. The quantitative estimate of drug-likeness (QED) is 0.663. The van der Waals surface area contributed by atoms with Gasteiger partial charge in [-0.25, -0.2) is 8.42 Å². The zero-order valence-corrected chi connectivity index (χ0v) is 19.2. The Morgan fingerprint density at radius 2 is 1.62 bits per heavy atom. The molecule has 0 spiro atoms. The van der Waals surface area contributed by atoms with Gasteiger partial charge in [0.15, 0.2) is 0 Å². The highest BCUT2D eigenvalue weighted by Crippen LogP contribution is 2.25. The fourth-order valence-corrected chi connectivity index (χ4v) is 5.69. The lowest BCUT2D eigenvalue weighted by Gasteiger charge is -2.27. The average molecular weight is 459 g/mol. The van der Waals surface area contributed by atoms with E-state index in [-0.39, 0.29) is 17.3 Å². The van der Waals surface area contributed by atoms with Crippen LogP contribution in [-0.4, -0.2) is 64.6 Å². The summed E-state index contributed by atoms with van der Waals surface area (Å²) in [5, 5.41) is 5.91. The van der Waals surface area contributed by atoms with Crippen molar-refractivity contribution >= 4 is 33.0 Å². The molecular formula is C23H30N4O4S. The molecule has 2 saturated heterocycles. The number of anilines is 3. The van der Waals surface area contributed by atoms with Crippen molar-refractivity contribution in [3.8, 4) is 0 Å². The minimum absolute atomic E-state index is 0.0357. The molecule has 2 heterocycles. The number of hydrogen-bond acceptors (Lipinski definition) is 6. The minimum Gasteiger partial charge on any atom is -0.379 e. The van der Waals surface area contributed by atoms with Crippen LogP contribution >= 0.6 is 0 Å². The van der Waals surface area contributed by atoms with E-state index in [9.17, 15) is 13.2 Å². The van der Waals surface area contributed by atoms with Gasteiger partial charge in [0.1, 0.15) is 0 Å². The molecule has 0 atom stereocenters. The van der Waals surface area contributed by atoms with Crippen molar-refractivity contribution in [3.63, 3.8) is 0 Å². The van der Waals surface area contributed by atoms with Crippen LogP contribution < -0.4 is 15.5 Å². The molecule has 0 unspecified atom stereocenters. The molecule has 8 nitrogen and oxygen atoms in total. The summed E-state index contributed by atoms with van der Waals surface area (Å²) in [6.45, 7) is 5.45. The van der Waals surface area contributed by atoms with Gasteiger partial charge in [-0.1, -0.05) is 6.07 Å². The summed E-state index contributed by atoms with van der Waals surface area (Å²) < 4.78 is 32.8. The lowest BCUT2D eigenvalue weighted by molar-refractivity contribution is -0.114. The zero-order chi connectivity index (χ0) is 22.6. The van der Waals surface area contributed by atoms with Crippen molar-refractivity contribution in [2.24, 2.45) is 0 Å². The molecule has 0 aliphatic carbocycles. The van der Waals surface area contributed by atoms with Crippen molar-refractivity contribution in [3.05, 3.63) is 48.0 Å². The summed E-state index contributed by atoms with van der Waals surface area (Å²) in [4.78, 5) is 15.0. The summed E-state index contributed by atoms with van der Waals surface area (Å²) in [6, 6.07) is 13.0. The van der Waals surface area contributed by atoms with Gasteiger partial charge in [0.05, 0.1) is 24.7 Å². The number of ether oxygens (including phenoxy) is 1. The van der Waals surface area contributed by atoms with Gasteiger partial charge in [-0.15, -0.1) is 0 Å². The van der Waals surface area contributed by atoms with Crippen LogP contribution in [-0.2, 0) is 19.6 Å². The predicted octanol–water partition coefficient (Wildman–Crippen LogP) is 2.67. The molecule has 2 aliphatic rings. The fourth-order valence-electron chi connectivity index (χ4n) is 4.03. The third-order valence-electron chi connectivity index (χ3n) is 5.85. The van der Waals surface area contributed by atoms with E-state index < -0.39 is 10.0 Å². The molecule has 9 heteroatoms. The average Bonchev–Trinajstić information content (AvgIpc) is 3.34. The van der Waals surface area contributed by atoms with Crippen molar-refractivity contribution < 1.29 is 17.9 Å². The summed E-state index contributed by atoms with van der Waals surface area (Å²) in [5.41, 5.74) is 3.16. The van der Waals surface area contributed by atoms with Crippen LogP contribution in [0.4, 0.5) is 17.1 Å². The van der Waals surface area contributed by atoms with Crippen molar-refractivity contribution in [1.29, 1.82) is 0 Å². The molecule has 4 rings (SSSR count). The molecule has 0 saturated carbocycles. The van der Waals surface area contributed by atoms with Crippen LogP contribution in [0.15, 0.2) is 47.4 Å². The van der Waals surface area contributed by atoms with Gasteiger partial charge in [-0.05, 0) is 61.7 Å². The number of carbonyl (C=O) groups excluding carboxylic acids is 1. The van der Waals surface area contributed by atoms with Crippen molar-refractivity contribution in [1.82, 2.24) is 4.31 Å². The molecule has 172 valence electrons. The largest absolute Gasteiger partial charge is 0.379 e. The lowest BCUT2D eigenvalue weighted by Crippen LogP contribution is -2.40. The van der Waals surface area contributed by atoms with E-state index in [1.165, 1.54) is 22.8 Å². The van der Waals surface area contributed by atoms with Gasteiger partial charge >= 0.3 is 0 Å². The van der Waals surface area contributed by atoms with E-state index in [0.717, 1.165) is 18.8 Å². The Morgan fingerprint density at radius 3 is 2.31 bits per heavy atom. The summed E-state index contributed by atoms with van der Waals surface area (Å²) in [7, 11) is -3.60. The molecule has 32 heavy (non-hydrogen) atoms. The van der Waals surface area contributed by atoms with E-state index in [4.69, 9.17) is 4.74 Å². The Balaban J connectivity index is 1.36. The molecule has 1 amide bonds. The van der Waals surface area contributed by atoms with Crippen LogP contribution in [0.5, 0.6) is 0 Å². The highest BCUT2D eigenvalue weighted by molar-refractivity contribution is 7.89.